The Kier molecular flexibility index (Phi) is 6.94. The number of thiophene rings is 1. The maximum Gasteiger partial charge on any atom is 0.227 e. The SMILES string of the molecule is COc1ccccc1-c1c(C)sc2cnc(Nc3cc(C)c(C4=CCNCC4)cc3OC(C)C)nc12. The number of nitrogens with one attached hydrogen (secondary N) is 2. The van der Waals surface area contributed by atoms with Gasteiger partial charge in [0.05, 0.1) is 35.3 Å². The summed E-state index contributed by atoms with van der Waals surface area (Å²) >= 11 is 1.70. The Morgan fingerprint density at radius 2 is 1.92 bits per heavy atom. The smallest absolute Gasteiger partial charge is 0.227 e. The minimum absolute atomic E-state index is 0.0446. The van der Waals surface area contributed by atoms with Gasteiger partial charge in [-0.2, -0.15) is 0 Å². The zero-order chi connectivity index (χ0) is 25.2. The molecule has 7 heteroatoms. The van der Waals surface area contributed by atoms with Crippen molar-refractivity contribution in [3.8, 4) is 22.6 Å². The van der Waals surface area contributed by atoms with Crippen molar-refractivity contribution in [1.29, 1.82) is 0 Å². The topological polar surface area (TPSA) is 68.3 Å². The zero-order valence-electron chi connectivity index (χ0n) is 21.4. The van der Waals surface area contributed by atoms with Crippen molar-refractivity contribution in [1.82, 2.24) is 15.3 Å². The molecule has 0 fully saturated rings. The van der Waals surface area contributed by atoms with Crippen LogP contribution in [0.2, 0.25) is 0 Å². The van der Waals surface area contributed by atoms with Crippen LogP contribution in [0.25, 0.3) is 26.9 Å². The van der Waals surface area contributed by atoms with Crippen LogP contribution >= 0.6 is 11.3 Å². The molecule has 36 heavy (non-hydrogen) atoms. The first-order valence-electron chi connectivity index (χ1n) is 12.3. The molecule has 4 aromatic rings. The molecule has 0 aliphatic carbocycles. The lowest BCUT2D eigenvalue weighted by Crippen LogP contribution is -2.20. The molecule has 5 rings (SSSR count). The fourth-order valence-electron chi connectivity index (χ4n) is 4.71. The summed E-state index contributed by atoms with van der Waals surface area (Å²) in [4.78, 5) is 10.8. The van der Waals surface area contributed by atoms with Crippen molar-refractivity contribution in [3.63, 3.8) is 0 Å². The Labute approximate surface area is 216 Å². The van der Waals surface area contributed by atoms with Crippen LogP contribution in [0.3, 0.4) is 0 Å². The number of ether oxygens (including phenoxy) is 2. The van der Waals surface area contributed by atoms with Crippen LogP contribution in [0, 0.1) is 13.8 Å². The number of nitrogens with zero attached hydrogens (tertiary/aromatic N) is 2. The lowest BCUT2D eigenvalue weighted by atomic mass is 9.95. The zero-order valence-corrected chi connectivity index (χ0v) is 22.3. The lowest BCUT2D eigenvalue weighted by molar-refractivity contribution is 0.243. The van der Waals surface area contributed by atoms with E-state index in [1.54, 1.807) is 18.4 Å². The third-order valence-corrected chi connectivity index (χ3v) is 7.36. The third kappa shape index (κ3) is 4.81. The summed E-state index contributed by atoms with van der Waals surface area (Å²) in [6, 6.07) is 12.4. The first-order valence-corrected chi connectivity index (χ1v) is 13.1. The fraction of sp³-hybridized carbons (Fsp3) is 0.310. The van der Waals surface area contributed by atoms with Gasteiger partial charge in [0.2, 0.25) is 5.95 Å². The summed E-state index contributed by atoms with van der Waals surface area (Å²) < 4.78 is 12.9. The molecule has 1 aliphatic rings. The normalized spacial score (nSPS) is 13.7. The van der Waals surface area contributed by atoms with Crippen LogP contribution in [-0.2, 0) is 0 Å². The molecular formula is C29H32N4O2S. The van der Waals surface area contributed by atoms with Gasteiger partial charge in [-0.25, -0.2) is 9.97 Å². The first-order chi connectivity index (χ1) is 17.4. The van der Waals surface area contributed by atoms with Crippen molar-refractivity contribution < 1.29 is 9.47 Å². The van der Waals surface area contributed by atoms with Gasteiger partial charge in [-0.1, -0.05) is 24.3 Å². The summed E-state index contributed by atoms with van der Waals surface area (Å²) in [6.07, 6.45) is 5.22. The maximum absolute atomic E-state index is 6.24. The highest BCUT2D eigenvalue weighted by molar-refractivity contribution is 7.19. The Balaban J connectivity index is 1.56. The van der Waals surface area contributed by atoms with Gasteiger partial charge in [0.25, 0.3) is 0 Å². The van der Waals surface area contributed by atoms with Gasteiger partial charge < -0.3 is 20.1 Å². The number of methoxy groups -OCH3 is 1. The van der Waals surface area contributed by atoms with E-state index in [4.69, 9.17) is 14.5 Å². The summed E-state index contributed by atoms with van der Waals surface area (Å²) in [6.45, 7) is 10.3. The summed E-state index contributed by atoms with van der Waals surface area (Å²) in [5.41, 5.74) is 7.70. The molecular weight excluding hydrogens is 468 g/mol. The van der Waals surface area contributed by atoms with Crippen molar-refractivity contribution >= 4 is 38.8 Å². The standard InChI is InChI=1S/C29H32N4O2S/c1-17(2)35-25-15-22(20-10-12-30-13-11-20)18(3)14-23(25)32-29-31-16-26-28(33-29)27(19(4)36-26)21-8-6-7-9-24(21)34-5/h6-10,14-17,30H,11-13H2,1-5H3,(H,31,32,33). The second-order valence-corrected chi connectivity index (χ2v) is 10.5. The number of rotatable bonds is 7. The first kappa shape index (κ1) is 24.3. The van der Waals surface area contributed by atoms with Crippen LogP contribution in [0.5, 0.6) is 11.5 Å². The van der Waals surface area contributed by atoms with Gasteiger partial charge in [-0.05, 0) is 75.6 Å². The monoisotopic (exact) mass is 500 g/mol. The summed E-state index contributed by atoms with van der Waals surface area (Å²) in [7, 11) is 1.70. The molecule has 0 unspecified atom stereocenters. The molecule has 0 saturated carbocycles. The molecule has 186 valence electrons. The highest BCUT2D eigenvalue weighted by atomic mass is 32.1. The molecule has 1 aliphatic heterocycles. The number of anilines is 2. The molecule has 6 nitrogen and oxygen atoms in total. The van der Waals surface area contributed by atoms with Crippen molar-refractivity contribution in [2.45, 2.75) is 40.2 Å². The number of hydrogen-bond donors (Lipinski definition) is 2. The van der Waals surface area contributed by atoms with E-state index in [1.807, 2.05) is 38.2 Å². The Hall–Kier alpha value is -3.42. The molecule has 0 saturated heterocycles. The number of aromatic nitrogens is 2. The van der Waals surface area contributed by atoms with Crippen LogP contribution in [0.15, 0.2) is 48.7 Å². The molecule has 0 spiro atoms. The van der Waals surface area contributed by atoms with Crippen molar-refractivity contribution in [2.24, 2.45) is 0 Å². The van der Waals surface area contributed by atoms with Gasteiger partial charge in [0, 0.05) is 22.5 Å². The molecule has 0 atom stereocenters. The molecule has 2 aromatic heterocycles. The largest absolute Gasteiger partial charge is 0.496 e. The Morgan fingerprint density at radius 3 is 2.67 bits per heavy atom. The minimum atomic E-state index is 0.0446. The predicted molar refractivity (Wildman–Crippen MR) is 150 cm³/mol. The number of benzene rings is 2. The van der Waals surface area contributed by atoms with Crippen molar-refractivity contribution in [2.75, 3.05) is 25.5 Å². The van der Waals surface area contributed by atoms with E-state index in [0.29, 0.717) is 5.95 Å². The van der Waals surface area contributed by atoms with E-state index in [2.05, 4.69) is 53.7 Å². The van der Waals surface area contributed by atoms with Crippen molar-refractivity contribution in [3.05, 3.63) is 64.7 Å². The Bertz CT molecular complexity index is 1440. The van der Waals surface area contributed by atoms with Gasteiger partial charge in [0.1, 0.15) is 11.5 Å². The number of para-hydroxylation sites is 1. The van der Waals surface area contributed by atoms with Gasteiger partial charge in [0.15, 0.2) is 0 Å². The highest BCUT2D eigenvalue weighted by Crippen LogP contribution is 2.42. The second-order valence-electron chi connectivity index (χ2n) is 9.28. The summed E-state index contributed by atoms with van der Waals surface area (Å²) in [5, 5.41) is 6.84. The second kappa shape index (κ2) is 10.3. The van der Waals surface area contributed by atoms with E-state index < -0.39 is 0 Å². The average molecular weight is 501 g/mol. The molecule has 3 heterocycles. The van der Waals surface area contributed by atoms with E-state index in [9.17, 15) is 0 Å². The fourth-order valence-corrected chi connectivity index (χ4v) is 5.70. The van der Waals surface area contributed by atoms with E-state index in [1.165, 1.54) is 21.6 Å². The van der Waals surface area contributed by atoms with Crippen LogP contribution in [0.4, 0.5) is 11.6 Å². The lowest BCUT2D eigenvalue weighted by Gasteiger charge is -2.21. The average Bonchev–Trinajstić information content (AvgIpc) is 3.20. The third-order valence-electron chi connectivity index (χ3n) is 6.33. The molecule has 0 radical (unpaired) electrons. The van der Waals surface area contributed by atoms with E-state index >= 15 is 0 Å². The van der Waals surface area contributed by atoms with Gasteiger partial charge in [-0.3, -0.25) is 0 Å². The molecule has 2 N–H and O–H groups in total. The van der Waals surface area contributed by atoms with Gasteiger partial charge in [-0.15, -0.1) is 11.3 Å². The number of aryl methyl sites for hydroxylation is 2. The Morgan fingerprint density at radius 1 is 1.08 bits per heavy atom. The van der Waals surface area contributed by atoms with Crippen LogP contribution < -0.4 is 20.1 Å². The number of fused-ring (bicyclic) bond motifs is 1. The summed E-state index contributed by atoms with van der Waals surface area (Å²) in [5.74, 6) is 2.18. The maximum atomic E-state index is 6.24. The molecule has 2 aromatic carbocycles. The molecule has 0 bridgehead atoms. The van der Waals surface area contributed by atoms with Crippen LogP contribution in [-0.4, -0.2) is 36.3 Å². The quantitative estimate of drug-likeness (QED) is 0.288. The van der Waals surface area contributed by atoms with Gasteiger partial charge >= 0.3 is 0 Å². The minimum Gasteiger partial charge on any atom is -0.496 e. The van der Waals surface area contributed by atoms with E-state index in [0.717, 1.165) is 58.0 Å². The number of hydrogen-bond acceptors (Lipinski definition) is 7. The molecule has 0 amide bonds. The highest BCUT2D eigenvalue weighted by Gasteiger charge is 2.19. The van der Waals surface area contributed by atoms with E-state index in [-0.39, 0.29) is 6.10 Å². The van der Waals surface area contributed by atoms with Crippen LogP contribution in [0.1, 0.15) is 36.3 Å². The predicted octanol–water partition coefficient (Wildman–Crippen LogP) is 6.89.